The lowest BCUT2D eigenvalue weighted by Crippen LogP contribution is -2.52. The maximum Gasteiger partial charge on any atom is 0.265 e. The molecule has 1 heterocycles. The molecule has 2 atom stereocenters. The molecule has 0 bridgehead atoms. The van der Waals surface area contributed by atoms with Gasteiger partial charge in [0.25, 0.3) is 10.0 Å². The minimum absolute atomic E-state index is 0.0362. The molecule has 8 heteroatoms. The summed E-state index contributed by atoms with van der Waals surface area (Å²) in [6.07, 6.45) is 1.57. The van der Waals surface area contributed by atoms with Crippen LogP contribution in [0.15, 0.2) is 95.9 Å². The summed E-state index contributed by atoms with van der Waals surface area (Å²) in [5, 5.41) is 4.70. The maximum absolute atomic E-state index is 14.1. The smallest absolute Gasteiger partial charge is 0.265 e. The number of anilines is 1. The molecule has 0 fully saturated rings. The van der Waals surface area contributed by atoms with Gasteiger partial charge in [0.05, 0.1) is 10.6 Å². The van der Waals surface area contributed by atoms with Crippen molar-refractivity contribution in [2.75, 3.05) is 10.8 Å². The number of sulfonamides is 1. The zero-order chi connectivity index (χ0) is 30.6. The molecule has 7 nitrogen and oxygen atoms in total. The Morgan fingerprint density at radius 3 is 2.33 bits per heavy atom. The van der Waals surface area contributed by atoms with Gasteiger partial charge >= 0.3 is 0 Å². The number of carbonyl (C=O) groups is 2. The van der Waals surface area contributed by atoms with Crippen LogP contribution in [0.25, 0.3) is 10.8 Å². The van der Waals surface area contributed by atoms with Crippen LogP contribution in [-0.4, -0.2) is 43.8 Å². The molecule has 0 saturated heterocycles. The van der Waals surface area contributed by atoms with Crippen LogP contribution in [0.4, 0.5) is 5.69 Å². The summed E-state index contributed by atoms with van der Waals surface area (Å²) >= 11 is 0. The monoisotopic (exact) mass is 597 g/mol. The van der Waals surface area contributed by atoms with Crippen molar-refractivity contribution in [3.63, 3.8) is 0 Å². The number of rotatable bonds is 12. The van der Waals surface area contributed by atoms with E-state index in [-0.39, 0.29) is 37.4 Å². The van der Waals surface area contributed by atoms with Gasteiger partial charge in [-0.25, -0.2) is 8.42 Å². The lowest BCUT2D eigenvalue weighted by molar-refractivity contribution is -0.141. The van der Waals surface area contributed by atoms with Gasteiger partial charge in [0.1, 0.15) is 6.04 Å². The number of carbonyl (C=O) groups excluding carboxylic acids is 2. The molecule has 1 aliphatic rings. The van der Waals surface area contributed by atoms with Gasteiger partial charge in [-0.05, 0) is 60.9 Å². The Hall–Kier alpha value is -4.17. The molecule has 224 valence electrons. The topological polar surface area (TPSA) is 86.8 Å². The zero-order valence-corrected chi connectivity index (χ0v) is 25.8. The van der Waals surface area contributed by atoms with Crippen LogP contribution >= 0.6 is 0 Å². The van der Waals surface area contributed by atoms with Crippen molar-refractivity contribution in [1.82, 2.24) is 10.2 Å². The van der Waals surface area contributed by atoms with Crippen LogP contribution < -0.4 is 9.62 Å². The van der Waals surface area contributed by atoms with Crippen LogP contribution in [0.1, 0.15) is 49.8 Å². The first-order valence-corrected chi connectivity index (χ1v) is 16.4. The molecule has 43 heavy (non-hydrogen) atoms. The van der Waals surface area contributed by atoms with Gasteiger partial charge in [0, 0.05) is 37.4 Å². The minimum Gasteiger partial charge on any atom is -0.352 e. The molecule has 1 N–H and O–H groups in total. The van der Waals surface area contributed by atoms with Crippen LogP contribution in [0.2, 0.25) is 0 Å². The summed E-state index contributed by atoms with van der Waals surface area (Å²) in [5.41, 5.74) is 3.61. The van der Waals surface area contributed by atoms with Crippen molar-refractivity contribution in [2.24, 2.45) is 0 Å². The van der Waals surface area contributed by atoms with Crippen molar-refractivity contribution in [2.45, 2.75) is 70.0 Å². The van der Waals surface area contributed by atoms with Crippen LogP contribution in [0.5, 0.6) is 0 Å². The van der Waals surface area contributed by atoms with E-state index in [4.69, 9.17) is 0 Å². The molecular formula is C35H39N3O4S. The van der Waals surface area contributed by atoms with Gasteiger partial charge in [0.2, 0.25) is 11.8 Å². The van der Waals surface area contributed by atoms with Gasteiger partial charge in [-0.3, -0.25) is 13.9 Å². The van der Waals surface area contributed by atoms with E-state index >= 15 is 0 Å². The van der Waals surface area contributed by atoms with Crippen molar-refractivity contribution in [1.29, 1.82) is 0 Å². The van der Waals surface area contributed by atoms with E-state index in [0.717, 1.165) is 33.9 Å². The Balaban J connectivity index is 1.41. The third-order valence-corrected chi connectivity index (χ3v) is 10.2. The van der Waals surface area contributed by atoms with E-state index in [1.807, 2.05) is 99.6 Å². The van der Waals surface area contributed by atoms with Gasteiger partial charge in [-0.2, -0.15) is 0 Å². The third-order valence-electron chi connectivity index (χ3n) is 8.31. The van der Waals surface area contributed by atoms with Gasteiger partial charge in [-0.15, -0.1) is 0 Å². The highest BCUT2D eigenvalue weighted by molar-refractivity contribution is 7.93. The molecule has 0 radical (unpaired) electrons. The lowest BCUT2D eigenvalue weighted by atomic mass is 10.0. The molecule has 1 aliphatic heterocycles. The number of hydrogen-bond donors (Lipinski definition) is 1. The number of benzene rings is 4. The molecule has 0 saturated carbocycles. The molecule has 4 aromatic rings. The zero-order valence-electron chi connectivity index (χ0n) is 25.0. The fourth-order valence-corrected chi connectivity index (χ4v) is 7.43. The van der Waals surface area contributed by atoms with E-state index in [2.05, 4.69) is 5.32 Å². The third kappa shape index (κ3) is 6.44. The quantitative estimate of drug-likeness (QED) is 0.217. The Bertz CT molecular complexity index is 1720. The molecule has 4 aromatic carbocycles. The first kappa shape index (κ1) is 30.3. The Kier molecular flexibility index (Phi) is 9.16. The average Bonchev–Trinajstić information content (AvgIpc) is 3.23. The second-order valence-corrected chi connectivity index (χ2v) is 13.1. The van der Waals surface area contributed by atoms with E-state index in [9.17, 15) is 18.0 Å². The minimum atomic E-state index is -3.71. The highest BCUT2D eigenvalue weighted by atomic mass is 32.2. The fourth-order valence-electron chi connectivity index (χ4n) is 5.68. The summed E-state index contributed by atoms with van der Waals surface area (Å²) < 4.78 is 28.3. The van der Waals surface area contributed by atoms with Crippen molar-refractivity contribution < 1.29 is 18.0 Å². The van der Waals surface area contributed by atoms with Gasteiger partial charge in [0.15, 0.2) is 0 Å². The summed E-state index contributed by atoms with van der Waals surface area (Å²) in [5.74, 6) is -0.375. The maximum atomic E-state index is 14.1. The number of hydrogen-bond acceptors (Lipinski definition) is 4. The normalized spacial score (nSPS) is 14.8. The fraction of sp³-hybridized carbons (Fsp3) is 0.314. The van der Waals surface area contributed by atoms with Crippen molar-refractivity contribution in [3.8, 4) is 0 Å². The van der Waals surface area contributed by atoms with Crippen LogP contribution in [0.3, 0.4) is 0 Å². The Morgan fingerprint density at radius 1 is 0.907 bits per heavy atom. The standard InChI is InChI=1S/C35H39N3O4S/c1-4-26(3)36-35(40)31(23-27-14-6-5-7-15-27)37(24-29-16-9-8-13-25(29)2)33(39)21-12-22-38-30-19-10-17-28-18-11-20-32(34(28)30)43(38,41)42/h5-11,13-20,26,31H,4,12,21-24H2,1-3H3,(H,36,40)/t26-,31+/m0/s1. The Morgan fingerprint density at radius 2 is 1.60 bits per heavy atom. The van der Waals surface area contributed by atoms with E-state index in [1.54, 1.807) is 17.0 Å². The molecule has 0 aliphatic carbocycles. The summed E-state index contributed by atoms with van der Waals surface area (Å²) in [6.45, 7) is 6.42. The highest BCUT2D eigenvalue weighted by Gasteiger charge is 2.36. The van der Waals surface area contributed by atoms with Gasteiger partial charge in [-0.1, -0.05) is 85.8 Å². The first-order chi connectivity index (χ1) is 20.7. The van der Waals surface area contributed by atoms with E-state index in [0.29, 0.717) is 23.4 Å². The number of nitrogens with zero attached hydrogens (tertiary/aromatic N) is 2. The van der Waals surface area contributed by atoms with Crippen molar-refractivity contribution >= 4 is 38.3 Å². The molecule has 0 aromatic heterocycles. The van der Waals surface area contributed by atoms with Gasteiger partial charge < -0.3 is 10.2 Å². The molecule has 5 rings (SSSR count). The first-order valence-electron chi connectivity index (χ1n) is 14.9. The molecule has 0 spiro atoms. The SMILES string of the molecule is CC[C@H](C)NC(=O)[C@@H](Cc1ccccc1)N(Cc1ccccc1C)C(=O)CCCN1c2cccc3cccc(c23)S1(=O)=O. The Labute approximate surface area is 254 Å². The highest BCUT2D eigenvalue weighted by Crippen LogP contribution is 2.42. The van der Waals surface area contributed by atoms with E-state index in [1.165, 1.54) is 4.31 Å². The number of nitrogens with one attached hydrogen (secondary N) is 1. The molecular weight excluding hydrogens is 558 g/mol. The second-order valence-electron chi connectivity index (χ2n) is 11.3. The van der Waals surface area contributed by atoms with E-state index < -0.39 is 16.1 Å². The van der Waals surface area contributed by atoms with Crippen LogP contribution in [0, 0.1) is 6.92 Å². The molecule has 0 unspecified atom stereocenters. The average molecular weight is 598 g/mol. The van der Waals surface area contributed by atoms with Crippen molar-refractivity contribution in [3.05, 3.63) is 108 Å². The summed E-state index contributed by atoms with van der Waals surface area (Å²) in [6, 6.07) is 27.7. The summed E-state index contributed by atoms with van der Waals surface area (Å²) in [4.78, 5) is 29.8. The second kappa shape index (κ2) is 13.0. The lowest BCUT2D eigenvalue weighted by Gasteiger charge is -2.33. The predicted molar refractivity (Wildman–Crippen MR) is 171 cm³/mol. The largest absolute Gasteiger partial charge is 0.352 e. The molecule has 2 amide bonds. The number of amides is 2. The predicted octanol–water partition coefficient (Wildman–Crippen LogP) is 5.99. The summed E-state index contributed by atoms with van der Waals surface area (Å²) in [7, 11) is -3.71. The van der Waals surface area contributed by atoms with Crippen LogP contribution in [-0.2, 0) is 32.6 Å². The number of aryl methyl sites for hydroxylation is 1.